The standard InChI is InChI=1S/C8H8Cl4N2/c1-2-14-8-6(12)4(10)3(9)5(11)7(8)13/h14H,2,13H2,1H3. The second kappa shape index (κ2) is 4.67. The van der Waals surface area contributed by atoms with Crippen LogP contribution >= 0.6 is 46.4 Å². The van der Waals surface area contributed by atoms with Crippen LogP contribution in [0.4, 0.5) is 11.4 Å². The molecule has 3 N–H and O–H groups in total. The molecule has 0 radical (unpaired) electrons. The van der Waals surface area contributed by atoms with Crippen molar-refractivity contribution in [2.24, 2.45) is 0 Å². The number of benzene rings is 1. The number of nitrogens with one attached hydrogen (secondary N) is 1. The molecule has 14 heavy (non-hydrogen) atoms. The first kappa shape index (κ1) is 12.1. The molecule has 1 aromatic rings. The minimum Gasteiger partial charge on any atom is -0.396 e. The highest BCUT2D eigenvalue weighted by atomic mass is 35.5. The molecule has 0 saturated carbocycles. The van der Waals surface area contributed by atoms with E-state index in [4.69, 9.17) is 52.1 Å². The lowest BCUT2D eigenvalue weighted by Gasteiger charge is -2.13. The summed E-state index contributed by atoms with van der Waals surface area (Å²) in [5, 5.41) is 3.87. The van der Waals surface area contributed by atoms with Crippen LogP contribution in [-0.4, -0.2) is 6.54 Å². The lowest BCUT2D eigenvalue weighted by Crippen LogP contribution is -2.03. The van der Waals surface area contributed by atoms with Crippen LogP contribution in [0.3, 0.4) is 0 Å². The van der Waals surface area contributed by atoms with Gasteiger partial charge in [-0.3, -0.25) is 0 Å². The minimum absolute atomic E-state index is 0.178. The topological polar surface area (TPSA) is 38.0 Å². The van der Waals surface area contributed by atoms with Crippen LogP contribution in [0, 0.1) is 0 Å². The van der Waals surface area contributed by atoms with Crippen molar-refractivity contribution in [2.75, 3.05) is 17.6 Å². The average Bonchev–Trinajstić information content (AvgIpc) is 2.19. The maximum atomic E-state index is 5.94. The Hall–Kier alpha value is -0.0200. The van der Waals surface area contributed by atoms with Crippen molar-refractivity contribution in [1.29, 1.82) is 0 Å². The number of nitrogens with two attached hydrogens (primary N) is 1. The zero-order valence-electron chi connectivity index (χ0n) is 7.30. The Labute approximate surface area is 102 Å². The zero-order chi connectivity index (χ0) is 10.9. The molecule has 6 heteroatoms. The van der Waals surface area contributed by atoms with Gasteiger partial charge in [-0.15, -0.1) is 0 Å². The van der Waals surface area contributed by atoms with Crippen LogP contribution in [0.1, 0.15) is 6.92 Å². The molecular formula is C8H8Cl4N2. The SMILES string of the molecule is CCNc1c(N)c(Cl)c(Cl)c(Cl)c1Cl. The number of anilines is 2. The molecule has 78 valence electrons. The maximum Gasteiger partial charge on any atom is 0.0861 e. The first-order chi connectivity index (χ1) is 6.50. The van der Waals surface area contributed by atoms with Gasteiger partial charge < -0.3 is 11.1 Å². The molecule has 2 nitrogen and oxygen atoms in total. The van der Waals surface area contributed by atoms with Gasteiger partial charge in [0.15, 0.2) is 0 Å². The molecule has 1 aromatic carbocycles. The van der Waals surface area contributed by atoms with Gasteiger partial charge in [0.2, 0.25) is 0 Å². The Bertz CT molecular complexity index is 336. The van der Waals surface area contributed by atoms with Crippen molar-refractivity contribution in [3.63, 3.8) is 0 Å². The lowest BCUT2D eigenvalue weighted by atomic mass is 10.2. The summed E-state index contributed by atoms with van der Waals surface area (Å²) in [6.45, 7) is 2.57. The van der Waals surface area contributed by atoms with Gasteiger partial charge >= 0.3 is 0 Å². The van der Waals surface area contributed by atoms with E-state index >= 15 is 0 Å². The molecule has 0 aromatic heterocycles. The van der Waals surface area contributed by atoms with Gasteiger partial charge in [-0.05, 0) is 6.92 Å². The predicted molar refractivity (Wildman–Crippen MR) is 65.1 cm³/mol. The number of rotatable bonds is 2. The third-order valence-corrected chi connectivity index (χ3v) is 3.47. The van der Waals surface area contributed by atoms with Crippen LogP contribution in [0.5, 0.6) is 0 Å². The van der Waals surface area contributed by atoms with Crippen LogP contribution in [0.2, 0.25) is 20.1 Å². The normalized spacial score (nSPS) is 10.4. The van der Waals surface area contributed by atoms with Crippen molar-refractivity contribution < 1.29 is 0 Å². The first-order valence-electron chi connectivity index (χ1n) is 3.86. The molecule has 0 aliphatic rings. The molecule has 1 rings (SSSR count). The summed E-state index contributed by atoms with van der Waals surface area (Å²) >= 11 is 23.4. The second-order valence-corrected chi connectivity index (χ2v) is 4.09. The molecule has 0 fully saturated rings. The molecule has 0 saturated heterocycles. The van der Waals surface area contributed by atoms with Crippen molar-refractivity contribution in [3.05, 3.63) is 20.1 Å². The predicted octanol–water partition coefficient (Wildman–Crippen LogP) is 4.31. The number of halogens is 4. The molecule has 0 aliphatic heterocycles. The Morgan fingerprint density at radius 2 is 1.50 bits per heavy atom. The van der Waals surface area contributed by atoms with E-state index in [1.165, 1.54) is 0 Å². The Morgan fingerprint density at radius 3 is 2.00 bits per heavy atom. The van der Waals surface area contributed by atoms with E-state index in [0.29, 0.717) is 22.9 Å². The van der Waals surface area contributed by atoms with Crippen molar-refractivity contribution in [3.8, 4) is 0 Å². The summed E-state index contributed by atoms with van der Waals surface area (Å²) in [6.07, 6.45) is 0. The summed E-state index contributed by atoms with van der Waals surface area (Å²) in [7, 11) is 0. The summed E-state index contributed by atoms with van der Waals surface area (Å²) < 4.78 is 0. The van der Waals surface area contributed by atoms with Crippen LogP contribution < -0.4 is 11.1 Å². The average molecular weight is 274 g/mol. The van der Waals surface area contributed by atoms with Crippen molar-refractivity contribution in [1.82, 2.24) is 0 Å². The molecule has 0 unspecified atom stereocenters. The van der Waals surface area contributed by atoms with Crippen molar-refractivity contribution in [2.45, 2.75) is 6.92 Å². The third-order valence-electron chi connectivity index (χ3n) is 1.66. The van der Waals surface area contributed by atoms with Crippen molar-refractivity contribution >= 4 is 57.8 Å². The smallest absolute Gasteiger partial charge is 0.0861 e. The van der Waals surface area contributed by atoms with E-state index in [2.05, 4.69) is 5.32 Å². The fourth-order valence-electron chi connectivity index (χ4n) is 0.998. The summed E-state index contributed by atoms with van der Waals surface area (Å²) in [5.74, 6) is 0. The van der Waals surface area contributed by atoms with E-state index in [9.17, 15) is 0 Å². The zero-order valence-corrected chi connectivity index (χ0v) is 10.3. The highest BCUT2D eigenvalue weighted by molar-refractivity contribution is 6.54. The van der Waals surface area contributed by atoms with E-state index in [1.807, 2.05) is 6.92 Å². The van der Waals surface area contributed by atoms with E-state index in [1.54, 1.807) is 0 Å². The summed E-state index contributed by atoms with van der Waals surface area (Å²) in [4.78, 5) is 0. The highest BCUT2D eigenvalue weighted by Crippen LogP contribution is 2.45. The fourth-order valence-corrected chi connectivity index (χ4v) is 1.93. The van der Waals surface area contributed by atoms with E-state index < -0.39 is 0 Å². The van der Waals surface area contributed by atoms with Gasteiger partial charge in [-0.1, -0.05) is 46.4 Å². The van der Waals surface area contributed by atoms with Gasteiger partial charge in [0.05, 0.1) is 31.5 Å². The molecular weight excluding hydrogens is 266 g/mol. The van der Waals surface area contributed by atoms with Crippen LogP contribution in [0.25, 0.3) is 0 Å². The number of hydrogen-bond donors (Lipinski definition) is 2. The monoisotopic (exact) mass is 272 g/mol. The quantitative estimate of drug-likeness (QED) is 0.479. The van der Waals surface area contributed by atoms with Gasteiger partial charge in [-0.2, -0.15) is 0 Å². The highest BCUT2D eigenvalue weighted by Gasteiger charge is 2.17. The molecule has 0 amide bonds. The molecule has 0 spiro atoms. The lowest BCUT2D eigenvalue weighted by molar-refractivity contribution is 1.21. The summed E-state index contributed by atoms with van der Waals surface area (Å²) in [6, 6.07) is 0. The Morgan fingerprint density at radius 1 is 1.00 bits per heavy atom. The molecule has 0 atom stereocenters. The minimum atomic E-state index is 0.178. The van der Waals surface area contributed by atoms with Gasteiger partial charge in [0.25, 0.3) is 0 Å². The number of nitrogen functional groups attached to an aromatic ring is 1. The fraction of sp³-hybridized carbons (Fsp3) is 0.250. The second-order valence-electron chi connectivity index (χ2n) is 2.57. The summed E-state index contributed by atoms with van der Waals surface area (Å²) in [5.41, 5.74) is 6.55. The van der Waals surface area contributed by atoms with E-state index in [0.717, 1.165) is 0 Å². The largest absolute Gasteiger partial charge is 0.396 e. The van der Waals surface area contributed by atoms with E-state index in [-0.39, 0.29) is 15.1 Å². The molecule has 0 bridgehead atoms. The maximum absolute atomic E-state index is 5.94. The van der Waals surface area contributed by atoms with Gasteiger partial charge in [0, 0.05) is 6.54 Å². The Balaban J connectivity index is 3.43. The molecule has 0 aliphatic carbocycles. The molecule has 0 heterocycles. The Kier molecular flexibility index (Phi) is 4.02. The van der Waals surface area contributed by atoms with Gasteiger partial charge in [0.1, 0.15) is 0 Å². The van der Waals surface area contributed by atoms with Crippen LogP contribution in [-0.2, 0) is 0 Å². The van der Waals surface area contributed by atoms with Crippen LogP contribution in [0.15, 0.2) is 0 Å². The third kappa shape index (κ3) is 1.98. The van der Waals surface area contributed by atoms with Gasteiger partial charge in [-0.25, -0.2) is 0 Å². The number of hydrogen-bond acceptors (Lipinski definition) is 2. The first-order valence-corrected chi connectivity index (χ1v) is 5.37.